The second kappa shape index (κ2) is 10.5. The van der Waals surface area contributed by atoms with Gasteiger partial charge in [0.25, 0.3) is 0 Å². The molecule has 7 heteroatoms. The van der Waals surface area contributed by atoms with Crippen LogP contribution in [-0.4, -0.2) is 27.9 Å². The van der Waals surface area contributed by atoms with Crippen molar-refractivity contribution in [2.75, 3.05) is 11.1 Å². The lowest BCUT2D eigenvalue weighted by molar-refractivity contribution is -0.119. The summed E-state index contributed by atoms with van der Waals surface area (Å²) >= 11 is 2.96. The van der Waals surface area contributed by atoms with E-state index >= 15 is 0 Å². The molecule has 5 nitrogen and oxygen atoms in total. The van der Waals surface area contributed by atoms with Crippen LogP contribution in [0.5, 0.6) is 0 Å². The Morgan fingerprint density at radius 3 is 2.58 bits per heavy atom. The molecule has 0 spiro atoms. The molecule has 1 aliphatic rings. The Kier molecular flexibility index (Phi) is 7.76. The van der Waals surface area contributed by atoms with E-state index < -0.39 is 0 Å². The number of amides is 1. The standard InChI is InChI=1S/C19H26N4OS2/c24-17(21-16-11-7-2-1-3-8-12-16)14-25-19-23-22-18(26-19)20-13-15-9-5-4-6-10-15/h4-6,9-10,16H,1-3,7-8,11-14H2,(H,20,22)(H,21,24). The van der Waals surface area contributed by atoms with Crippen molar-refractivity contribution in [3.8, 4) is 0 Å². The zero-order chi connectivity index (χ0) is 18.0. The van der Waals surface area contributed by atoms with E-state index in [1.807, 2.05) is 18.2 Å². The molecule has 0 bridgehead atoms. The first-order valence-corrected chi connectivity index (χ1v) is 11.1. The van der Waals surface area contributed by atoms with E-state index in [9.17, 15) is 4.79 Å². The molecule has 3 rings (SSSR count). The van der Waals surface area contributed by atoms with Gasteiger partial charge in [0.15, 0.2) is 4.34 Å². The molecule has 1 heterocycles. The third-order valence-corrected chi connectivity index (χ3v) is 6.50. The van der Waals surface area contributed by atoms with Gasteiger partial charge in [0.2, 0.25) is 11.0 Å². The minimum atomic E-state index is 0.106. The highest BCUT2D eigenvalue weighted by molar-refractivity contribution is 8.01. The Morgan fingerprint density at radius 1 is 1.08 bits per heavy atom. The van der Waals surface area contributed by atoms with Gasteiger partial charge in [-0.2, -0.15) is 0 Å². The summed E-state index contributed by atoms with van der Waals surface area (Å²) in [5, 5.41) is 15.6. The number of anilines is 1. The van der Waals surface area contributed by atoms with Gasteiger partial charge in [0.1, 0.15) is 0 Å². The topological polar surface area (TPSA) is 66.9 Å². The zero-order valence-electron chi connectivity index (χ0n) is 14.9. The molecule has 1 aliphatic carbocycles. The molecule has 2 aromatic rings. The van der Waals surface area contributed by atoms with Crippen LogP contribution in [0.4, 0.5) is 5.13 Å². The van der Waals surface area contributed by atoms with Gasteiger partial charge in [-0.25, -0.2) is 0 Å². The summed E-state index contributed by atoms with van der Waals surface area (Å²) in [6, 6.07) is 10.5. The molecule has 0 aliphatic heterocycles. The number of aromatic nitrogens is 2. The van der Waals surface area contributed by atoms with Gasteiger partial charge in [0.05, 0.1) is 5.75 Å². The maximum absolute atomic E-state index is 12.2. The number of nitrogens with zero attached hydrogens (tertiary/aromatic N) is 2. The maximum Gasteiger partial charge on any atom is 0.230 e. The summed E-state index contributed by atoms with van der Waals surface area (Å²) in [6.45, 7) is 0.725. The van der Waals surface area contributed by atoms with Crippen LogP contribution in [0.2, 0.25) is 0 Å². The van der Waals surface area contributed by atoms with Crippen LogP contribution in [0.1, 0.15) is 50.5 Å². The highest BCUT2D eigenvalue weighted by Gasteiger charge is 2.15. The summed E-state index contributed by atoms with van der Waals surface area (Å²) < 4.78 is 0.827. The van der Waals surface area contributed by atoms with Crippen molar-refractivity contribution in [3.63, 3.8) is 0 Å². The second-order valence-electron chi connectivity index (χ2n) is 6.61. The number of benzene rings is 1. The van der Waals surface area contributed by atoms with Crippen molar-refractivity contribution in [2.24, 2.45) is 0 Å². The van der Waals surface area contributed by atoms with E-state index in [1.165, 1.54) is 60.8 Å². The van der Waals surface area contributed by atoms with Gasteiger partial charge in [0, 0.05) is 12.6 Å². The lowest BCUT2D eigenvalue weighted by Crippen LogP contribution is -2.36. The van der Waals surface area contributed by atoms with E-state index in [0.29, 0.717) is 11.8 Å². The van der Waals surface area contributed by atoms with Crippen LogP contribution in [0.3, 0.4) is 0 Å². The van der Waals surface area contributed by atoms with Crippen molar-refractivity contribution >= 4 is 34.1 Å². The van der Waals surface area contributed by atoms with Crippen LogP contribution < -0.4 is 10.6 Å². The first-order valence-electron chi connectivity index (χ1n) is 9.33. The van der Waals surface area contributed by atoms with Crippen molar-refractivity contribution in [3.05, 3.63) is 35.9 Å². The molecule has 1 fully saturated rings. The lowest BCUT2D eigenvalue weighted by Gasteiger charge is -2.20. The summed E-state index contributed by atoms with van der Waals surface area (Å²) in [7, 11) is 0. The molecule has 0 unspecified atom stereocenters. The third-order valence-electron chi connectivity index (χ3n) is 4.49. The Bertz CT molecular complexity index is 669. The van der Waals surface area contributed by atoms with Crippen LogP contribution in [0.15, 0.2) is 34.7 Å². The smallest absolute Gasteiger partial charge is 0.230 e. The Morgan fingerprint density at radius 2 is 1.81 bits per heavy atom. The SMILES string of the molecule is O=C(CSc1nnc(NCc2ccccc2)s1)NC1CCCCCCC1. The van der Waals surface area contributed by atoms with Crippen molar-refractivity contribution in [1.29, 1.82) is 0 Å². The quantitative estimate of drug-likeness (QED) is 0.683. The normalized spacial score (nSPS) is 15.8. The Hall–Kier alpha value is -1.60. The van der Waals surface area contributed by atoms with E-state index in [1.54, 1.807) is 0 Å². The predicted octanol–water partition coefficient (Wildman–Crippen LogP) is 4.47. The summed E-state index contributed by atoms with van der Waals surface area (Å²) in [5.41, 5.74) is 1.20. The molecule has 0 saturated heterocycles. The first-order chi connectivity index (χ1) is 12.8. The fourth-order valence-corrected chi connectivity index (χ4v) is 4.67. The number of thioether (sulfide) groups is 1. The molecule has 1 saturated carbocycles. The third kappa shape index (κ3) is 6.61. The van der Waals surface area contributed by atoms with Crippen LogP contribution in [-0.2, 0) is 11.3 Å². The van der Waals surface area contributed by atoms with E-state index in [4.69, 9.17) is 0 Å². The summed E-state index contributed by atoms with van der Waals surface area (Å²) in [6.07, 6.45) is 8.62. The highest BCUT2D eigenvalue weighted by Crippen LogP contribution is 2.26. The van der Waals surface area contributed by atoms with Gasteiger partial charge in [-0.1, -0.05) is 85.5 Å². The molecule has 1 aromatic heterocycles. The number of carbonyl (C=O) groups excluding carboxylic acids is 1. The molecule has 2 N–H and O–H groups in total. The van der Waals surface area contributed by atoms with Gasteiger partial charge >= 0.3 is 0 Å². The van der Waals surface area contributed by atoms with Gasteiger partial charge in [-0.15, -0.1) is 10.2 Å². The Labute approximate surface area is 163 Å². The average molecular weight is 391 g/mol. The number of carbonyl (C=O) groups is 1. The molecular formula is C19H26N4OS2. The van der Waals surface area contributed by atoms with E-state index in [-0.39, 0.29) is 5.91 Å². The minimum absolute atomic E-state index is 0.106. The number of rotatable bonds is 7. The molecule has 0 atom stereocenters. The van der Waals surface area contributed by atoms with Crippen molar-refractivity contribution in [1.82, 2.24) is 15.5 Å². The highest BCUT2D eigenvalue weighted by atomic mass is 32.2. The monoisotopic (exact) mass is 390 g/mol. The summed E-state index contributed by atoms with van der Waals surface area (Å²) in [4.78, 5) is 12.2. The molecule has 1 amide bonds. The molecule has 1 aromatic carbocycles. The van der Waals surface area contributed by atoms with Crippen molar-refractivity contribution < 1.29 is 4.79 Å². The zero-order valence-corrected chi connectivity index (χ0v) is 16.6. The van der Waals surface area contributed by atoms with Crippen LogP contribution in [0.25, 0.3) is 0 Å². The maximum atomic E-state index is 12.2. The first kappa shape index (κ1) is 19.2. The fraction of sp³-hybridized carbons (Fsp3) is 0.526. The Balaban J connectivity index is 1.39. The van der Waals surface area contributed by atoms with Crippen LogP contribution >= 0.6 is 23.1 Å². The molecule has 26 heavy (non-hydrogen) atoms. The van der Waals surface area contributed by atoms with Crippen LogP contribution in [0, 0.1) is 0 Å². The molecular weight excluding hydrogens is 364 g/mol. The van der Waals surface area contributed by atoms with E-state index in [2.05, 4.69) is 33.0 Å². The van der Waals surface area contributed by atoms with Gasteiger partial charge in [-0.3, -0.25) is 4.79 Å². The van der Waals surface area contributed by atoms with Gasteiger partial charge in [-0.05, 0) is 18.4 Å². The molecule has 140 valence electrons. The molecule has 0 radical (unpaired) electrons. The number of hydrogen-bond acceptors (Lipinski definition) is 6. The lowest BCUT2D eigenvalue weighted by atomic mass is 9.97. The second-order valence-corrected chi connectivity index (χ2v) is 8.81. The fourth-order valence-electron chi connectivity index (χ4n) is 3.11. The average Bonchev–Trinajstić information content (AvgIpc) is 3.09. The minimum Gasteiger partial charge on any atom is -0.356 e. The summed E-state index contributed by atoms with van der Waals surface area (Å²) in [5.74, 6) is 0.513. The predicted molar refractivity (Wildman–Crippen MR) is 109 cm³/mol. The number of nitrogens with one attached hydrogen (secondary N) is 2. The largest absolute Gasteiger partial charge is 0.356 e. The number of hydrogen-bond donors (Lipinski definition) is 2. The van der Waals surface area contributed by atoms with Gasteiger partial charge < -0.3 is 10.6 Å². The van der Waals surface area contributed by atoms with Crippen molar-refractivity contribution in [2.45, 2.75) is 61.9 Å². The van der Waals surface area contributed by atoms with E-state index in [0.717, 1.165) is 28.9 Å².